The van der Waals surface area contributed by atoms with Gasteiger partial charge in [-0.1, -0.05) is 6.42 Å². The van der Waals surface area contributed by atoms with Gasteiger partial charge < -0.3 is 14.2 Å². The van der Waals surface area contributed by atoms with E-state index in [1.807, 2.05) is 30.1 Å². The molecular weight excluding hydrogens is 368 g/mol. The van der Waals surface area contributed by atoms with Crippen molar-refractivity contribution in [3.05, 3.63) is 17.5 Å². The standard InChI is InChI=1S/C21H30N6O2/c1-24(2)21-22-12-17-16-6-7-25(13-18(16)29-20(17)23-21)14-19(28)27-10-8-26(9-11-27)15-4-3-5-15/h12,15H,3-11,13-14H2,1-2H3. The largest absolute Gasteiger partial charge is 0.441 e. The molecule has 2 aromatic rings. The Labute approximate surface area is 171 Å². The third-order valence-corrected chi connectivity index (χ3v) is 6.68. The van der Waals surface area contributed by atoms with Crippen LogP contribution in [0.2, 0.25) is 0 Å². The van der Waals surface area contributed by atoms with Crippen LogP contribution in [0.15, 0.2) is 10.6 Å². The zero-order valence-corrected chi connectivity index (χ0v) is 17.4. The Morgan fingerprint density at radius 1 is 1.21 bits per heavy atom. The van der Waals surface area contributed by atoms with Crippen molar-refractivity contribution >= 4 is 23.0 Å². The predicted octanol–water partition coefficient (Wildman–Crippen LogP) is 1.34. The normalized spacial score (nSPS) is 21.2. The molecule has 2 fully saturated rings. The van der Waals surface area contributed by atoms with Crippen molar-refractivity contribution in [1.29, 1.82) is 0 Å². The quantitative estimate of drug-likeness (QED) is 0.770. The summed E-state index contributed by atoms with van der Waals surface area (Å²) < 4.78 is 6.05. The number of piperazine rings is 1. The molecule has 0 unspecified atom stereocenters. The van der Waals surface area contributed by atoms with Crippen LogP contribution in [-0.4, -0.2) is 90.0 Å². The van der Waals surface area contributed by atoms with Gasteiger partial charge in [-0.25, -0.2) is 4.98 Å². The van der Waals surface area contributed by atoms with Gasteiger partial charge in [0.15, 0.2) is 0 Å². The van der Waals surface area contributed by atoms with Crippen LogP contribution in [-0.2, 0) is 17.8 Å². The number of hydrogen-bond donors (Lipinski definition) is 0. The summed E-state index contributed by atoms with van der Waals surface area (Å²) in [7, 11) is 3.84. The summed E-state index contributed by atoms with van der Waals surface area (Å²) in [5.74, 6) is 1.82. The number of anilines is 1. The molecule has 1 saturated carbocycles. The molecule has 0 aromatic carbocycles. The van der Waals surface area contributed by atoms with Crippen LogP contribution >= 0.6 is 0 Å². The van der Waals surface area contributed by atoms with Gasteiger partial charge in [0.25, 0.3) is 0 Å². The minimum atomic E-state index is 0.243. The molecule has 1 aliphatic carbocycles. The summed E-state index contributed by atoms with van der Waals surface area (Å²) in [5, 5.41) is 1.00. The molecule has 1 amide bonds. The maximum Gasteiger partial charge on any atom is 0.236 e. The van der Waals surface area contributed by atoms with Crippen LogP contribution in [0.1, 0.15) is 30.6 Å². The van der Waals surface area contributed by atoms with Crippen molar-refractivity contribution in [3.8, 4) is 0 Å². The molecule has 0 radical (unpaired) electrons. The molecule has 0 bridgehead atoms. The number of hydrogen-bond acceptors (Lipinski definition) is 7. The summed E-state index contributed by atoms with van der Waals surface area (Å²) >= 11 is 0. The van der Waals surface area contributed by atoms with Gasteiger partial charge in [-0.2, -0.15) is 4.98 Å². The average molecular weight is 399 g/mol. The summed E-state index contributed by atoms with van der Waals surface area (Å²) in [6.07, 6.45) is 6.77. The lowest BCUT2D eigenvalue weighted by Crippen LogP contribution is -2.55. The molecule has 2 aromatic heterocycles. The summed E-state index contributed by atoms with van der Waals surface area (Å²) in [4.78, 5) is 30.5. The lowest BCUT2D eigenvalue weighted by atomic mass is 9.91. The summed E-state index contributed by atoms with van der Waals surface area (Å²) in [6, 6.07) is 0.775. The van der Waals surface area contributed by atoms with Gasteiger partial charge in [-0.05, 0) is 19.3 Å². The van der Waals surface area contributed by atoms with Gasteiger partial charge in [-0.15, -0.1) is 0 Å². The third-order valence-electron chi connectivity index (χ3n) is 6.68. The molecule has 8 heteroatoms. The predicted molar refractivity (Wildman–Crippen MR) is 111 cm³/mol. The van der Waals surface area contributed by atoms with Gasteiger partial charge in [0.1, 0.15) is 5.76 Å². The topological polar surface area (TPSA) is 69.0 Å². The second-order valence-electron chi connectivity index (χ2n) is 8.75. The highest BCUT2D eigenvalue weighted by Crippen LogP contribution is 2.30. The van der Waals surface area contributed by atoms with E-state index in [0.29, 0.717) is 24.8 Å². The Hall–Kier alpha value is -2.19. The number of furan rings is 1. The van der Waals surface area contributed by atoms with E-state index in [1.54, 1.807) is 0 Å². The Kier molecular flexibility index (Phi) is 4.91. The van der Waals surface area contributed by atoms with Gasteiger partial charge in [0, 0.05) is 64.6 Å². The molecule has 29 heavy (non-hydrogen) atoms. The van der Waals surface area contributed by atoms with Gasteiger partial charge >= 0.3 is 0 Å². The highest BCUT2D eigenvalue weighted by molar-refractivity contribution is 5.80. The summed E-state index contributed by atoms with van der Waals surface area (Å²) in [6.45, 7) is 5.77. The zero-order valence-electron chi connectivity index (χ0n) is 17.4. The molecule has 5 rings (SSSR count). The highest BCUT2D eigenvalue weighted by Gasteiger charge is 2.31. The molecular formula is C21H30N6O2. The lowest BCUT2D eigenvalue weighted by Gasteiger charge is -2.43. The van der Waals surface area contributed by atoms with E-state index in [9.17, 15) is 4.79 Å². The maximum atomic E-state index is 12.8. The van der Waals surface area contributed by atoms with Crippen molar-refractivity contribution < 1.29 is 9.21 Å². The third kappa shape index (κ3) is 3.59. The van der Waals surface area contributed by atoms with Crippen molar-refractivity contribution in [2.24, 2.45) is 0 Å². The van der Waals surface area contributed by atoms with Gasteiger partial charge in [0.2, 0.25) is 17.6 Å². The van der Waals surface area contributed by atoms with Crippen LogP contribution in [0.5, 0.6) is 0 Å². The average Bonchev–Trinajstić information content (AvgIpc) is 3.04. The molecule has 0 atom stereocenters. The first-order valence-corrected chi connectivity index (χ1v) is 10.8. The number of aromatic nitrogens is 2. The first kappa shape index (κ1) is 18.8. The van der Waals surface area contributed by atoms with Gasteiger partial charge in [0.05, 0.1) is 18.5 Å². The second-order valence-corrected chi connectivity index (χ2v) is 8.75. The fourth-order valence-electron chi connectivity index (χ4n) is 4.65. The first-order chi connectivity index (χ1) is 14.1. The van der Waals surface area contributed by atoms with Crippen LogP contribution < -0.4 is 4.90 Å². The van der Waals surface area contributed by atoms with Gasteiger partial charge in [-0.3, -0.25) is 14.6 Å². The number of carbonyl (C=O) groups is 1. The van der Waals surface area contributed by atoms with Crippen molar-refractivity contribution in [1.82, 2.24) is 24.7 Å². The van der Waals surface area contributed by atoms with Crippen LogP contribution in [0, 0.1) is 0 Å². The fraction of sp³-hybridized carbons (Fsp3) is 0.667. The number of rotatable bonds is 4. The highest BCUT2D eigenvalue weighted by atomic mass is 16.3. The molecule has 1 saturated heterocycles. The molecule has 2 aliphatic heterocycles. The van der Waals surface area contributed by atoms with E-state index >= 15 is 0 Å². The smallest absolute Gasteiger partial charge is 0.236 e. The van der Waals surface area contributed by atoms with Crippen molar-refractivity contribution in [3.63, 3.8) is 0 Å². The molecule has 0 N–H and O–H groups in total. The minimum absolute atomic E-state index is 0.243. The summed E-state index contributed by atoms with van der Waals surface area (Å²) in [5.41, 5.74) is 1.84. The van der Waals surface area contributed by atoms with Crippen LogP contribution in [0.4, 0.5) is 5.95 Å². The van der Waals surface area contributed by atoms with E-state index < -0.39 is 0 Å². The van der Waals surface area contributed by atoms with Crippen LogP contribution in [0.3, 0.4) is 0 Å². The second kappa shape index (κ2) is 7.57. The lowest BCUT2D eigenvalue weighted by molar-refractivity contribution is -0.135. The van der Waals surface area contributed by atoms with E-state index in [-0.39, 0.29) is 5.91 Å². The Morgan fingerprint density at radius 3 is 2.69 bits per heavy atom. The maximum absolute atomic E-state index is 12.8. The molecule has 4 heterocycles. The minimum Gasteiger partial charge on any atom is -0.441 e. The van der Waals surface area contributed by atoms with E-state index in [2.05, 4.69) is 19.8 Å². The number of carbonyl (C=O) groups excluding carboxylic acids is 1. The van der Waals surface area contributed by atoms with Crippen molar-refractivity contribution in [2.75, 3.05) is 58.3 Å². The number of amides is 1. The fourth-order valence-corrected chi connectivity index (χ4v) is 4.65. The zero-order chi connectivity index (χ0) is 20.0. The molecule has 0 spiro atoms. The monoisotopic (exact) mass is 398 g/mol. The van der Waals surface area contributed by atoms with Crippen LogP contribution in [0.25, 0.3) is 11.1 Å². The molecule has 3 aliphatic rings. The van der Waals surface area contributed by atoms with E-state index in [1.165, 1.54) is 24.8 Å². The van der Waals surface area contributed by atoms with E-state index in [4.69, 9.17) is 4.42 Å². The van der Waals surface area contributed by atoms with E-state index in [0.717, 1.165) is 56.3 Å². The Morgan fingerprint density at radius 2 is 2.00 bits per heavy atom. The molecule has 156 valence electrons. The number of nitrogens with zero attached hydrogens (tertiary/aromatic N) is 6. The Balaban J connectivity index is 1.20. The van der Waals surface area contributed by atoms with Crippen molar-refractivity contribution in [2.45, 2.75) is 38.3 Å². The molecule has 8 nitrogen and oxygen atoms in total. The SMILES string of the molecule is CN(C)c1ncc2c3c(oc2n1)CN(CC(=O)N1CCN(C2CCC2)CC1)CC3. The number of fused-ring (bicyclic) bond motifs is 3. The Bertz CT molecular complexity index is 898. The first-order valence-electron chi connectivity index (χ1n) is 10.8.